The number of sulfonamides is 1. The van der Waals surface area contributed by atoms with Crippen LogP contribution < -0.4 is 0 Å². The molecule has 0 aliphatic carbocycles. The molecule has 5 nitrogen and oxygen atoms in total. The molecule has 0 radical (unpaired) electrons. The van der Waals surface area contributed by atoms with Crippen LogP contribution in [-0.2, 0) is 23.0 Å². The van der Waals surface area contributed by atoms with Crippen molar-refractivity contribution in [2.45, 2.75) is 19.9 Å². The Hall–Kier alpha value is -1.05. The molecule has 7 heteroatoms. The van der Waals surface area contributed by atoms with Crippen molar-refractivity contribution in [1.82, 2.24) is 14.3 Å². The fourth-order valence-corrected chi connectivity index (χ4v) is 3.81. The molecule has 0 N–H and O–H groups in total. The van der Waals surface area contributed by atoms with Gasteiger partial charge in [0, 0.05) is 41.3 Å². The number of rotatable bonds is 2. The zero-order valence-corrected chi connectivity index (χ0v) is 13.4. The van der Waals surface area contributed by atoms with Crippen LogP contribution in [0.4, 0.5) is 0 Å². The lowest BCUT2D eigenvalue weighted by Gasteiger charge is -2.27. The van der Waals surface area contributed by atoms with E-state index < -0.39 is 10.0 Å². The Labute approximate surface area is 126 Å². The van der Waals surface area contributed by atoms with Gasteiger partial charge in [0.2, 0.25) is 10.0 Å². The monoisotopic (exact) mass is 355 g/mol. The Morgan fingerprint density at radius 2 is 2.20 bits per heavy atom. The average Bonchev–Trinajstić information content (AvgIpc) is 2.44. The topological polar surface area (TPSA) is 63.2 Å². The lowest BCUT2D eigenvalue weighted by Crippen LogP contribution is -2.37. The first-order valence-corrected chi connectivity index (χ1v) is 8.81. The van der Waals surface area contributed by atoms with E-state index in [4.69, 9.17) is 0 Å². The molecule has 0 fully saturated rings. The molecule has 1 aliphatic heterocycles. The van der Waals surface area contributed by atoms with Crippen LogP contribution in [0.3, 0.4) is 0 Å². The molecule has 20 heavy (non-hydrogen) atoms. The van der Waals surface area contributed by atoms with Gasteiger partial charge in [-0.1, -0.05) is 0 Å². The van der Waals surface area contributed by atoms with Crippen LogP contribution >= 0.6 is 15.9 Å². The first-order chi connectivity index (χ1) is 9.49. The van der Waals surface area contributed by atoms with Gasteiger partial charge in [0.1, 0.15) is 0 Å². The molecule has 2 aromatic rings. The Balaban J connectivity index is 2.05. The average molecular weight is 356 g/mol. The van der Waals surface area contributed by atoms with Crippen LogP contribution in [0, 0.1) is 0 Å². The van der Waals surface area contributed by atoms with Crippen LogP contribution in [0.5, 0.6) is 0 Å². The van der Waals surface area contributed by atoms with Crippen molar-refractivity contribution >= 4 is 37.0 Å². The van der Waals surface area contributed by atoms with Gasteiger partial charge in [0.25, 0.3) is 0 Å². The highest BCUT2D eigenvalue weighted by molar-refractivity contribution is 9.10. The second-order valence-corrected chi connectivity index (χ2v) is 7.95. The Morgan fingerprint density at radius 3 is 2.95 bits per heavy atom. The minimum atomic E-state index is -3.14. The molecular formula is C13H14BrN3O2S. The van der Waals surface area contributed by atoms with Crippen LogP contribution in [0.15, 0.2) is 22.8 Å². The summed E-state index contributed by atoms with van der Waals surface area (Å²) in [5.41, 5.74) is 2.63. The number of fused-ring (bicyclic) bond motifs is 2. The zero-order chi connectivity index (χ0) is 14.3. The number of hydrogen-bond acceptors (Lipinski definition) is 4. The molecule has 2 aromatic heterocycles. The molecule has 0 amide bonds. The van der Waals surface area contributed by atoms with E-state index in [0.717, 1.165) is 21.1 Å². The largest absolute Gasteiger partial charge is 0.235 e. The van der Waals surface area contributed by atoms with Crippen molar-refractivity contribution < 1.29 is 8.42 Å². The van der Waals surface area contributed by atoms with Gasteiger partial charge in [-0.15, -0.1) is 0 Å². The summed E-state index contributed by atoms with van der Waals surface area (Å²) in [5, 5.41) is 0.925. The summed E-state index contributed by atoms with van der Waals surface area (Å²) in [6, 6.07) is 3.94. The van der Waals surface area contributed by atoms with Gasteiger partial charge < -0.3 is 0 Å². The molecule has 0 saturated heterocycles. The van der Waals surface area contributed by atoms with Crippen molar-refractivity contribution in [3.05, 3.63) is 34.1 Å². The quantitative estimate of drug-likeness (QED) is 0.827. The lowest BCUT2D eigenvalue weighted by molar-refractivity contribution is 0.389. The van der Waals surface area contributed by atoms with Crippen molar-refractivity contribution in [2.24, 2.45) is 0 Å². The van der Waals surface area contributed by atoms with E-state index in [9.17, 15) is 8.42 Å². The minimum absolute atomic E-state index is 0.135. The summed E-state index contributed by atoms with van der Waals surface area (Å²) >= 11 is 3.39. The van der Waals surface area contributed by atoms with Crippen molar-refractivity contribution in [1.29, 1.82) is 0 Å². The lowest BCUT2D eigenvalue weighted by atomic mass is 10.1. The maximum atomic E-state index is 12.0. The molecule has 0 bridgehead atoms. The number of halogens is 1. The normalized spacial score (nSPS) is 16.3. The predicted octanol–water partition coefficient (Wildman–Crippen LogP) is 2.10. The fraction of sp³-hybridized carbons (Fsp3) is 0.385. The summed E-state index contributed by atoms with van der Waals surface area (Å²) in [7, 11) is -3.14. The summed E-state index contributed by atoms with van der Waals surface area (Å²) < 4.78 is 26.4. The smallest absolute Gasteiger partial charge is 0.214 e. The van der Waals surface area contributed by atoms with Crippen molar-refractivity contribution in [2.75, 3.05) is 12.3 Å². The molecule has 0 saturated carbocycles. The highest BCUT2D eigenvalue weighted by Crippen LogP contribution is 2.24. The molecule has 0 atom stereocenters. The third-order valence-corrected chi connectivity index (χ3v) is 5.77. The van der Waals surface area contributed by atoms with Gasteiger partial charge >= 0.3 is 0 Å². The number of hydrogen-bond donors (Lipinski definition) is 0. The van der Waals surface area contributed by atoms with E-state index in [0.29, 0.717) is 25.2 Å². The van der Waals surface area contributed by atoms with Gasteiger partial charge in [0.15, 0.2) is 5.65 Å². The summed E-state index contributed by atoms with van der Waals surface area (Å²) in [4.78, 5) is 8.83. The van der Waals surface area contributed by atoms with E-state index in [1.54, 1.807) is 13.1 Å². The SMILES string of the molecule is CCS(=O)(=O)N1CCc2nc3ncc(Br)cc3cc2C1. The van der Waals surface area contributed by atoms with E-state index >= 15 is 0 Å². The third kappa shape index (κ3) is 2.45. The van der Waals surface area contributed by atoms with Gasteiger partial charge in [-0.2, -0.15) is 4.31 Å². The van der Waals surface area contributed by atoms with Gasteiger partial charge in [-0.05, 0) is 40.5 Å². The minimum Gasteiger partial charge on any atom is -0.235 e. The summed E-state index contributed by atoms with van der Waals surface area (Å²) in [6.45, 7) is 2.57. The van der Waals surface area contributed by atoms with Crippen molar-refractivity contribution in [3.8, 4) is 0 Å². The van der Waals surface area contributed by atoms with Crippen LogP contribution in [0.2, 0.25) is 0 Å². The molecule has 3 heterocycles. The molecular weight excluding hydrogens is 342 g/mol. The Bertz CT molecular complexity index is 777. The van der Waals surface area contributed by atoms with Crippen LogP contribution in [-0.4, -0.2) is 35.0 Å². The van der Waals surface area contributed by atoms with Crippen LogP contribution in [0.1, 0.15) is 18.2 Å². The second-order valence-electron chi connectivity index (χ2n) is 4.78. The number of pyridine rings is 2. The maximum absolute atomic E-state index is 12.0. The highest BCUT2D eigenvalue weighted by Gasteiger charge is 2.26. The number of nitrogens with zero attached hydrogens (tertiary/aromatic N) is 3. The third-order valence-electron chi connectivity index (χ3n) is 3.51. The first kappa shape index (κ1) is 13.9. The first-order valence-electron chi connectivity index (χ1n) is 6.41. The maximum Gasteiger partial charge on any atom is 0.214 e. The highest BCUT2D eigenvalue weighted by atomic mass is 79.9. The zero-order valence-electron chi connectivity index (χ0n) is 11.0. The van der Waals surface area contributed by atoms with Crippen molar-refractivity contribution in [3.63, 3.8) is 0 Å². The molecule has 106 valence electrons. The second kappa shape index (κ2) is 5.05. The number of aromatic nitrogens is 2. The Morgan fingerprint density at radius 1 is 1.40 bits per heavy atom. The van der Waals surface area contributed by atoms with Gasteiger partial charge in [-0.25, -0.2) is 18.4 Å². The molecule has 0 unspecified atom stereocenters. The molecule has 0 aromatic carbocycles. The van der Waals surface area contributed by atoms with E-state index in [1.807, 2.05) is 12.1 Å². The Kier molecular flexibility index (Phi) is 3.51. The standard InChI is InChI=1S/C13H14BrN3O2S/c1-2-20(18,19)17-4-3-12-10(8-17)5-9-6-11(14)7-15-13(9)16-12/h5-7H,2-4,8H2,1H3. The van der Waals surface area contributed by atoms with Crippen LogP contribution in [0.25, 0.3) is 11.0 Å². The molecule has 3 rings (SSSR count). The van der Waals surface area contributed by atoms with Gasteiger partial charge in [-0.3, -0.25) is 0 Å². The summed E-state index contributed by atoms with van der Waals surface area (Å²) in [5.74, 6) is 0.135. The fourth-order valence-electron chi connectivity index (χ4n) is 2.39. The molecule has 1 aliphatic rings. The molecule has 0 spiro atoms. The van der Waals surface area contributed by atoms with Gasteiger partial charge in [0.05, 0.1) is 5.75 Å². The van der Waals surface area contributed by atoms with E-state index in [-0.39, 0.29) is 5.75 Å². The summed E-state index contributed by atoms with van der Waals surface area (Å²) in [6.07, 6.45) is 2.36. The van der Waals surface area contributed by atoms with E-state index in [2.05, 4.69) is 25.9 Å². The predicted molar refractivity (Wildman–Crippen MR) is 80.8 cm³/mol. The van der Waals surface area contributed by atoms with E-state index in [1.165, 1.54) is 4.31 Å².